The van der Waals surface area contributed by atoms with Gasteiger partial charge in [0, 0.05) is 5.69 Å². The van der Waals surface area contributed by atoms with Gasteiger partial charge >= 0.3 is 5.76 Å². The molecule has 0 unspecified atom stereocenters. The summed E-state index contributed by atoms with van der Waals surface area (Å²) in [6, 6.07) is 8.16. The van der Waals surface area contributed by atoms with Crippen molar-refractivity contribution >= 4 is 45.3 Å². The number of H-pyrrole nitrogens is 1. The molecule has 158 valence electrons. The number of amides is 1. The Morgan fingerprint density at radius 1 is 1.23 bits per heavy atom. The van der Waals surface area contributed by atoms with Gasteiger partial charge in [-0.15, -0.1) is 5.10 Å². The molecule has 2 aromatic heterocycles. The van der Waals surface area contributed by atoms with E-state index in [2.05, 4.69) is 20.5 Å². The fourth-order valence-corrected chi connectivity index (χ4v) is 3.59. The predicted octanol–water partition coefficient (Wildman–Crippen LogP) is 3.60. The fourth-order valence-electron chi connectivity index (χ4n) is 2.26. The number of furan rings is 1. The lowest BCUT2D eigenvalue weighted by Gasteiger charge is -2.06. The van der Waals surface area contributed by atoms with Crippen LogP contribution in [0.4, 0.5) is 14.5 Å². The normalized spacial score (nSPS) is 12.0. The molecule has 2 N–H and O–H groups in total. The lowest BCUT2D eigenvalue weighted by molar-refractivity contribution is -0.113. The van der Waals surface area contributed by atoms with Crippen LogP contribution in [0.3, 0.4) is 0 Å². The van der Waals surface area contributed by atoms with Crippen LogP contribution in [-0.2, 0) is 14.6 Å². The number of halogens is 2. The zero-order valence-electron chi connectivity index (χ0n) is 15.5. The van der Waals surface area contributed by atoms with Gasteiger partial charge in [0.2, 0.25) is 20.9 Å². The van der Waals surface area contributed by atoms with Gasteiger partial charge < -0.3 is 9.73 Å². The number of sulfone groups is 1. The Morgan fingerprint density at radius 3 is 2.60 bits per heavy atom. The van der Waals surface area contributed by atoms with Gasteiger partial charge in [0.25, 0.3) is 0 Å². The molecule has 0 bridgehead atoms. The summed E-state index contributed by atoms with van der Waals surface area (Å²) in [4.78, 5) is 15.7. The highest BCUT2D eigenvalue weighted by atomic mass is 32.2. The maximum absolute atomic E-state index is 12.5. The van der Waals surface area contributed by atoms with Crippen LogP contribution in [0.25, 0.3) is 12.2 Å². The molecule has 1 aromatic carbocycles. The highest BCUT2D eigenvalue weighted by Gasteiger charge is 2.26. The van der Waals surface area contributed by atoms with Gasteiger partial charge in [-0.05, 0) is 55.5 Å². The number of nitrogens with one attached hydrogen (secondary N) is 2. The number of carbonyl (C=O) groups is 1. The van der Waals surface area contributed by atoms with Gasteiger partial charge in [0.05, 0.1) is 10.6 Å². The molecule has 0 saturated heterocycles. The summed E-state index contributed by atoms with van der Waals surface area (Å²) >= 11 is 1.09. The molecular formula is C18H16F2N4O4S2. The Bertz CT molecular complexity index is 1160. The number of benzene rings is 1. The molecule has 3 aromatic rings. The van der Waals surface area contributed by atoms with Crippen molar-refractivity contribution in [2.45, 2.75) is 22.7 Å². The van der Waals surface area contributed by atoms with Crippen molar-refractivity contribution in [3.8, 4) is 0 Å². The first kappa shape index (κ1) is 21.7. The van der Waals surface area contributed by atoms with Crippen LogP contribution in [0.15, 0.2) is 50.9 Å². The summed E-state index contributed by atoms with van der Waals surface area (Å²) in [6.07, 6.45) is 3.41. The SMILES string of the molecule is Cc1ccc(/C=C/c2nc(SCC(=O)Nc3ccc(S(=O)(=O)C(F)F)cc3)n[nH]2)o1. The first-order valence-corrected chi connectivity index (χ1v) is 11.0. The zero-order valence-corrected chi connectivity index (χ0v) is 17.1. The second-order valence-electron chi connectivity index (χ2n) is 5.95. The molecule has 0 aliphatic carbocycles. The minimum Gasteiger partial charge on any atom is -0.462 e. The lowest BCUT2D eigenvalue weighted by atomic mass is 10.3. The van der Waals surface area contributed by atoms with Crippen molar-refractivity contribution in [3.05, 3.63) is 53.7 Å². The van der Waals surface area contributed by atoms with Crippen molar-refractivity contribution in [1.82, 2.24) is 15.2 Å². The minimum absolute atomic E-state index is 0.00449. The van der Waals surface area contributed by atoms with Crippen LogP contribution in [0.2, 0.25) is 0 Å². The number of hydrogen-bond acceptors (Lipinski definition) is 7. The van der Waals surface area contributed by atoms with E-state index in [9.17, 15) is 22.0 Å². The summed E-state index contributed by atoms with van der Waals surface area (Å²) in [5.74, 6) is -1.95. The molecule has 0 aliphatic rings. The molecule has 30 heavy (non-hydrogen) atoms. The van der Waals surface area contributed by atoms with Crippen LogP contribution in [0, 0.1) is 6.92 Å². The van der Waals surface area contributed by atoms with E-state index in [4.69, 9.17) is 4.42 Å². The van der Waals surface area contributed by atoms with Crippen LogP contribution >= 0.6 is 11.8 Å². The average Bonchev–Trinajstić information content (AvgIpc) is 3.33. The first-order chi connectivity index (χ1) is 14.2. The largest absolute Gasteiger partial charge is 0.462 e. The molecule has 12 heteroatoms. The number of hydrogen-bond donors (Lipinski definition) is 2. The lowest BCUT2D eigenvalue weighted by Crippen LogP contribution is -2.15. The van der Waals surface area contributed by atoms with Crippen LogP contribution in [0.1, 0.15) is 17.3 Å². The van der Waals surface area contributed by atoms with E-state index >= 15 is 0 Å². The number of rotatable bonds is 8. The third-order valence-electron chi connectivity index (χ3n) is 3.68. The summed E-state index contributed by atoms with van der Waals surface area (Å²) in [6.45, 7) is 1.84. The standard InChI is InChI=1S/C18H16F2N4O4S2/c1-11-2-5-13(28-11)6-9-15-22-18(24-23-15)29-10-16(25)21-12-3-7-14(8-4-12)30(26,27)17(19)20/h2-9,17H,10H2,1H3,(H,21,25)(H,22,23,24)/b9-6+. The average molecular weight is 454 g/mol. The van der Waals surface area contributed by atoms with Gasteiger partial charge in [-0.3, -0.25) is 9.89 Å². The van der Waals surface area contributed by atoms with E-state index in [-0.39, 0.29) is 11.4 Å². The Balaban J connectivity index is 1.51. The summed E-state index contributed by atoms with van der Waals surface area (Å²) in [5.41, 5.74) is 0.279. The monoisotopic (exact) mass is 454 g/mol. The van der Waals surface area contributed by atoms with E-state index < -0.39 is 26.4 Å². The molecule has 0 saturated carbocycles. The van der Waals surface area contributed by atoms with Crippen LogP contribution < -0.4 is 5.32 Å². The third kappa shape index (κ3) is 5.54. The number of aromatic amines is 1. The Hall–Kier alpha value is -2.99. The van der Waals surface area contributed by atoms with Gasteiger partial charge in [0.15, 0.2) is 0 Å². The quantitative estimate of drug-likeness (QED) is 0.499. The second-order valence-corrected chi connectivity index (χ2v) is 8.81. The number of anilines is 1. The number of carbonyl (C=O) groups excluding carboxylic acids is 1. The maximum Gasteiger partial charge on any atom is 0.341 e. The number of thioether (sulfide) groups is 1. The van der Waals surface area contributed by atoms with Gasteiger partial charge in [-0.2, -0.15) is 8.78 Å². The number of aryl methyl sites for hydroxylation is 1. The molecular weight excluding hydrogens is 438 g/mol. The van der Waals surface area contributed by atoms with E-state index in [1.807, 2.05) is 19.1 Å². The fraction of sp³-hybridized carbons (Fsp3) is 0.167. The van der Waals surface area contributed by atoms with Crippen molar-refractivity contribution < 1.29 is 26.4 Å². The van der Waals surface area contributed by atoms with Gasteiger partial charge in [-0.25, -0.2) is 13.4 Å². The number of aromatic nitrogens is 3. The molecule has 0 fully saturated rings. The molecule has 0 atom stereocenters. The van der Waals surface area contributed by atoms with Gasteiger partial charge in [-0.1, -0.05) is 11.8 Å². The highest BCUT2D eigenvalue weighted by Crippen LogP contribution is 2.21. The van der Waals surface area contributed by atoms with E-state index in [0.717, 1.165) is 29.7 Å². The maximum atomic E-state index is 12.5. The molecule has 0 aliphatic heterocycles. The van der Waals surface area contributed by atoms with Crippen LogP contribution in [0.5, 0.6) is 0 Å². The Labute approximate surface area is 174 Å². The van der Waals surface area contributed by atoms with Crippen molar-refractivity contribution in [2.24, 2.45) is 0 Å². The van der Waals surface area contributed by atoms with Crippen molar-refractivity contribution in [3.63, 3.8) is 0 Å². The predicted molar refractivity (Wildman–Crippen MR) is 108 cm³/mol. The molecule has 3 rings (SSSR count). The topological polar surface area (TPSA) is 118 Å². The third-order valence-corrected chi connectivity index (χ3v) is 5.93. The number of nitrogens with zero attached hydrogens (tertiary/aromatic N) is 2. The highest BCUT2D eigenvalue weighted by molar-refractivity contribution is 7.99. The summed E-state index contributed by atoms with van der Waals surface area (Å²) in [7, 11) is -4.67. The van der Waals surface area contributed by atoms with Crippen molar-refractivity contribution in [1.29, 1.82) is 0 Å². The first-order valence-electron chi connectivity index (χ1n) is 8.46. The molecule has 0 radical (unpaired) electrons. The van der Waals surface area contributed by atoms with Crippen LogP contribution in [-0.4, -0.2) is 41.0 Å². The molecule has 2 heterocycles. The van der Waals surface area contributed by atoms with E-state index in [1.165, 1.54) is 12.1 Å². The van der Waals surface area contributed by atoms with E-state index in [1.54, 1.807) is 12.2 Å². The second kappa shape index (κ2) is 9.22. The molecule has 8 nitrogen and oxygen atoms in total. The number of alkyl halides is 2. The summed E-state index contributed by atoms with van der Waals surface area (Å²) in [5, 5.41) is 9.62. The van der Waals surface area contributed by atoms with E-state index in [0.29, 0.717) is 16.7 Å². The summed E-state index contributed by atoms with van der Waals surface area (Å²) < 4.78 is 53.2. The smallest absolute Gasteiger partial charge is 0.341 e. The Morgan fingerprint density at radius 2 is 1.97 bits per heavy atom. The zero-order chi connectivity index (χ0) is 21.7. The molecule has 0 spiro atoms. The Kier molecular flexibility index (Phi) is 6.67. The van der Waals surface area contributed by atoms with Gasteiger partial charge in [0.1, 0.15) is 17.3 Å². The minimum atomic E-state index is -4.67. The van der Waals surface area contributed by atoms with Crippen molar-refractivity contribution in [2.75, 3.05) is 11.1 Å². The molecule has 1 amide bonds.